The molecule has 0 atom stereocenters. The summed E-state index contributed by atoms with van der Waals surface area (Å²) < 4.78 is 15.4. The number of nitrogens with zero attached hydrogens (tertiary/aromatic N) is 4. The van der Waals surface area contributed by atoms with Gasteiger partial charge in [0.1, 0.15) is 5.82 Å². The van der Waals surface area contributed by atoms with Crippen LogP contribution in [0.5, 0.6) is 0 Å². The topological polar surface area (TPSA) is 41.4 Å². The Bertz CT molecular complexity index is 1200. The van der Waals surface area contributed by atoms with Gasteiger partial charge in [-0.15, -0.1) is 0 Å². The van der Waals surface area contributed by atoms with Crippen molar-refractivity contribution in [2.45, 2.75) is 32.9 Å². The fourth-order valence-corrected chi connectivity index (χ4v) is 4.82. The maximum atomic E-state index is 13.9. The molecule has 0 amide bonds. The van der Waals surface area contributed by atoms with Crippen LogP contribution in [0.25, 0.3) is 11.3 Å². The van der Waals surface area contributed by atoms with E-state index >= 15 is 0 Å². The molecule has 1 aliphatic heterocycles. The maximum Gasteiger partial charge on any atom is 0.271 e. The number of piperazine rings is 1. The molecule has 0 unspecified atom stereocenters. The Balaban J connectivity index is 1.62. The molecule has 0 spiro atoms. The summed E-state index contributed by atoms with van der Waals surface area (Å²) in [6, 6.07) is 12.2. The SMILES string of the molecule is Cc1cc(-c2cc(CN3CCN(C)CC3)c(=O)n(CCCc3c(Cl)cccc3Cl)n2)ccc1F. The highest BCUT2D eigenvalue weighted by Gasteiger charge is 2.18. The van der Waals surface area contributed by atoms with Crippen LogP contribution in [0.2, 0.25) is 10.0 Å². The lowest BCUT2D eigenvalue weighted by molar-refractivity contribution is 0.147. The van der Waals surface area contributed by atoms with Gasteiger partial charge >= 0.3 is 0 Å². The second-order valence-electron chi connectivity index (χ2n) is 8.93. The van der Waals surface area contributed by atoms with E-state index in [1.807, 2.05) is 24.3 Å². The van der Waals surface area contributed by atoms with Gasteiger partial charge in [-0.05, 0) is 74.3 Å². The van der Waals surface area contributed by atoms with Crippen molar-refractivity contribution < 1.29 is 4.39 Å². The van der Waals surface area contributed by atoms with Crippen LogP contribution in [-0.4, -0.2) is 52.8 Å². The summed E-state index contributed by atoms with van der Waals surface area (Å²) in [6.07, 6.45) is 1.30. The first-order valence-electron chi connectivity index (χ1n) is 11.5. The molecule has 34 heavy (non-hydrogen) atoms. The monoisotopic (exact) mass is 502 g/mol. The van der Waals surface area contributed by atoms with E-state index in [1.165, 1.54) is 10.7 Å². The van der Waals surface area contributed by atoms with Gasteiger partial charge in [0.25, 0.3) is 5.56 Å². The van der Waals surface area contributed by atoms with Gasteiger partial charge in [0.05, 0.1) is 5.69 Å². The van der Waals surface area contributed by atoms with E-state index in [9.17, 15) is 9.18 Å². The number of hydrogen-bond donors (Lipinski definition) is 0. The largest absolute Gasteiger partial charge is 0.304 e. The minimum atomic E-state index is -0.258. The normalized spacial score (nSPS) is 15.1. The minimum absolute atomic E-state index is 0.0910. The predicted octanol–water partition coefficient (Wildman–Crippen LogP) is 5.04. The molecule has 180 valence electrons. The van der Waals surface area contributed by atoms with Crippen molar-refractivity contribution >= 4 is 23.2 Å². The molecular formula is C26H29Cl2FN4O. The van der Waals surface area contributed by atoms with Crippen LogP contribution in [-0.2, 0) is 19.5 Å². The van der Waals surface area contributed by atoms with Gasteiger partial charge in [-0.25, -0.2) is 9.07 Å². The highest BCUT2D eigenvalue weighted by atomic mass is 35.5. The number of benzene rings is 2. The first kappa shape index (κ1) is 24.9. The van der Waals surface area contributed by atoms with Gasteiger partial charge in [-0.1, -0.05) is 29.3 Å². The van der Waals surface area contributed by atoms with E-state index in [-0.39, 0.29) is 11.4 Å². The fraction of sp³-hybridized carbons (Fsp3) is 0.385. The fourth-order valence-electron chi connectivity index (χ4n) is 4.23. The van der Waals surface area contributed by atoms with E-state index in [1.54, 1.807) is 19.1 Å². The summed E-state index contributed by atoms with van der Waals surface area (Å²) >= 11 is 12.6. The summed E-state index contributed by atoms with van der Waals surface area (Å²) in [4.78, 5) is 17.9. The molecule has 4 rings (SSSR count). The molecule has 2 heterocycles. The molecule has 2 aromatic carbocycles. The molecule has 8 heteroatoms. The minimum Gasteiger partial charge on any atom is -0.304 e. The van der Waals surface area contributed by atoms with E-state index in [0.29, 0.717) is 52.8 Å². The highest BCUT2D eigenvalue weighted by molar-refractivity contribution is 6.35. The Morgan fingerprint density at radius 3 is 2.41 bits per heavy atom. The summed E-state index contributed by atoms with van der Waals surface area (Å²) in [5.74, 6) is -0.258. The lowest BCUT2D eigenvalue weighted by Crippen LogP contribution is -2.45. The zero-order valence-corrected chi connectivity index (χ0v) is 21.0. The molecule has 3 aromatic rings. The van der Waals surface area contributed by atoms with Crippen LogP contribution in [0.1, 0.15) is 23.1 Å². The quantitative estimate of drug-likeness (QED) is 0.453. The molecule has 0 bridgehead atoms. The number of likely N-dealkylation sites (N-methyl/N-ethyl adjacent to an activating group) is 1. The standard InChI is InChI=1S/C26H29Cl2FN4O/c1-18-15-19(8-9-24(18)29)25-16-20(17-32-13-11-31(2)12-14-32)26(34)33(30-25)10-4-5-21-22(27)6-3-7-23(21)28/h3,6-9,15-16H,4-5,10-14,17H2,1-2H3. The van der Waals surface area contributed by atoms with Crippen LogP contribution < -0.4 is 5.56 Å². The average molecular weight is 503 g/mol. The molecule has 5 nitrogen and oxygen atoms in total. The Hall–Kier alpha value is -2.25. The van der Waals surface area contributed by atoms with Gasteiger partial charge in [0, 0.05) is 60.4 Å². The van der Waals surface area contributed by atoms with Crippen molar-refractivity contribution in [2.75, 3.05) is 33.2 Å². The van der Waals surface area contributed by atoms with E-state index in [0.717, 1.165) is 37.3 Å². The van der Waals surface area contributed by atoms with Crippen molar-refractivity contribution in [3.05, 3.63) is 85.4 Å². The van der Waals surface area contributed by atoms with E-state index in [2.05, 4.69) is 21.9 Å². The van der Waals surface area contributed by atoms with Gasteiger partial charge < -0.3 is 4.90 Å². The Kier molecular flexibility index (Phi) is 8.04. The predicted molar refractivity (Wildman–Crippen MR) is 136 cm³/mol. The first-order valence-corrected chi connectivity index (χ1v) is 12.3. The lowest BCUT2D eigenvalue weighted by Gasteiger charge is -2.32. The zero-order valence-electron chi connectivity index (χ0n) is 19.5. The second kappa shape index (κ2) is 11.0. The number of halogens is 3. The zero-order chi connectivity index (χ0) is 24.2. The van der Waals surface area contributed by atoms with Gasteiger partial charge in [0.2, 0.25) is 0 Å². The second-order valence-corrected chi connectivity index (χ2v) is 9.74. The average Bonchev–Trinajstić information content (AvgIpc) is 2.81. The van der Waals surface area contributed by atoms with Crippen LogP contribution in [0, 0.1) is 12.7 Å². The smallest absolute Gasteiger partial charge is 0.271 e. The van der Waals surface area contributed by atoms with Crippen molar-refractivity contribution in [1.29, 1.82) is 0 Å². The Morgan fingerprint density at radius 1 is 1.03 bits per heavy atom. The molecule has 0 radical (unpaired) electrons. The summed E-state index contributed by atoms with van der Waals surface area (Å²) in [5.41, 5.74) is 3.50. The number of aromatic nitrogens is 2. The molecule has 0 N–H and O–H groups in total. The third-order valence-electron chi connectivity index (χ3n) is 6.35. The van der Waals surface area contributed by atoms with Gasteiger partial charge in [0.15, 0.2) is 0 Å². The van der Waals surface area contributed by atoms with Crippen molar-refractivity contribution in [1.82, 2.24) is 19.6 Å². The lowest BCUT2D eigenvalue weighted by atomic mass is 10.1. The Morgan fingerprint density at radius 2 is 1.74 bits per heavy atom. The van der Waals surface area contributed by atoms with Crippen molar-refractivity contribution in [3.63, 3.8) is 0 Å². The molecule has 1 saturated heterocycles. The van der Waals surface area contributed by atoms with Crippen LogP contribution in [0.3, 0.4) is 0 Å². The van der Waals surface area contributed by atoms with Crippen LogP contribution in [0.15, 0.2) is 47.3 Å². The maximum absolute atomic E-state index is 13.9. The van der Waals surface area contributed by atoms with Gasteiger partial charge in [-0.2, -0.15) is 5.10 Å². The third-order valence-corrected chi connectivity index (χ3v) is 7.06. The molecule has 1 fully saturated rings. The molecule has 1 aliphatic rings. The third kappa shape index (κ3) is 5.87. The number of hydrogen-bond acceptors (Lipinski definition) is 4. The Labute approximate surface area is 209 Å². The van der Waals surface area contributed by atoms with E-state index < -0.39 is 0 Å². The van der Waals surface area contributed by atoms with Crippen molar-refractivity contribution in [3.8, 4) is 11.3 Å². The number of aryl methyl sites for hydroxylation is 2. The van der Waals surface area contributed by atoms with Crippen LogP contribution >= 0.6 is 23.2 Å². The summed E-state index contributed by atoms with van der Waals surface area (Å²) in [7, 11) is 2.11. The van der Waals surface area contributed by atoms with Crippen molar-refractivity contribution in [2.24, 2.45) is 0 Å². The summed E-state index contributed by atoms with van der Waals surface area (Å²) in [5, 5.41) is 5.89. The van der Waals surface area contributed by atoms with E-state index in [4.69, 9.17) is 23.2 Å². The summed E-state index contributed by atoms with van der Waals surface area (Å²) in [6.45, 7) is 6.50. The molecule has 0 aliphatic carbocycles. The molecular weight excluding hydrogens is 474 g/mol. The molecule has 1 aromatic heterocycles. The highest BCUT2D eigenvalue weighted by Crippen LogP contribution is 2.26. The number of rotatable bonds is 7. The van der Waals surface area contributed by atoms with Crippen LogP contribution in [0.4, 0.5) is 4.39 Å². The molecule has 0 saturated carbocycles. The van der Waals surface area contributed by atoms with Gasteiger partial charge in [-0.3, -0.25) is 9.69 Å². The first-order chi connectivity index (χ1) is 16.3.